The van der Waals surface area contributed by atoms with Crippen molar-refractivity contribution in [2.24, 2.45) is 0 Å². The highest BCUT2D eigenvalue weighted by Crippen LogP contribution is 2.33. The van der Waals surface area contributed by atoms with E-state index in [9.17, 15) is 4.79 Å². The molecule has 4 nitrogen and oxygen atoms in total. The first kappa shape index (κ1) is 13.9. The van der Waals surface area contributed by atoms with Gasteiger partial charge >= 0.3 is 0 Å². The van der Waals surface area contributed by atoms with E-state index in [0.717, 1.165) is 5.56 Å². The molecule has 0 heterocycles. The molecule has 0 bridgehead atoms. The fourth-order valence-corrected chi connectivity index (χ4v) is 1.89. The van der Waals surface area contributed by atoms with E-state index in [1.807, 2.05) is 25.1 Å². The average molecular weight is 271 g/mol. The third kappa shape index (κ3) is 2.91. The fraction of sp³-hybridized carbons (Fsp3) is 0.188. The van der Waals surface area contributed by atoms with Gasteiger partial charge in [0.25, 0.3) is 0 Å². The molecule has 0 aliphatic rings. The van der Waals surface area contributed by atoms with E-state index in [2.05, 4.69) is 0 Å². The standard InChI is InChI=1S/C16H17NO3/c1-10-4-7-15(16(8-10)19-3)20-12-5-6-14(17)13(9-12)11(2)18/h4-9H,17H2,1-3H3. The summed E-state index contributed by atoms with van der Waals surface area (Å²) in [4.78, 5) is 11.5. The molecule has 2 aromatic carbocycles. The Balaban J connectivity index is 2.35. The SMILES string of the molecule is COc1cc(C)ccc1Oc1ccc(N)c(C(C)=O)c1. The van der Waals surface area contributed by atoms with E-state index in [0.29, 0.717) is 28.5 Å². The van der Waals surface area contributed by atoms with E-state index in [1.54, 1.807) is 25.3 Å². The predicted octanol–water partition coefficient (Wildman–Crippen LogP) is 3.58. The topological polar surface area (TPSA) is 61.6 Å². The van der Waals surface area contributed by atoms with E-state index in [-0.39, 0.29) is 5.78 Å². The maximum Gasteiger partial charge on any atom is 0.169 e. The number of anilines is 1. The molecule has 0 unspecified atom stereocenters. The first-order valence-corrected chi connectivity index (χ1v) is 6.24. The van der Waals surface area contributed by atoms with Crippen molar-refractivity contribution in [3.05, 3.63) is 47.5 Å². The normalized spacial score (nSPS) is 10.2. The number of nitrogens with two attached hydrogens (primary N) is 1. The molecule has 0 spiro atoms. The highest BCUT2D eigenvalue weighted by atomic mass is 16.5. The number of nitrogen functional groups attached to an aromatic ring is 1. The Bertz CT molecular complexity index is 650. The molecule has 0 aliphatic carbocycles. The maximum absolute atomic E-state index is 11.5. The fourth-order valence-electron chi connectivity index (χ4n) is 1.89. The zero-order chi connectivity index (χ0) is 14.7. The van der Waals surface area contributed by atoms with Gasteiger partial charge in [0.15, 0.2) is 17.3 Å². The molecule has 0 amide bonds. The molecule has 0 radical (unpaired) electrons. The van der Waals surface area contributed by atoms with Gasteiger partial charge in [-0.3, -0.25) is 4.79 Å². The average Bonchev–Trinajstić information content (AvgIpc) is 2.42. The second kappa shape index (κ2) is 5.65. The van der Waals surface area contributed by atoms with Crippen molar-refractivity contribution in [2.45, 2.75) is 13.8 Å². The van der Waals surface area contributed by atoms with E-state index in [4.69, 9.17) is 15.2 Å². The molecule has 0 saturated heterocycles. The molecule has 0 aliphatic heterocycles. The second-order valence-electron chi connectivity index (χ2n) is 4.56. The first-order chi connectivity index (χ1) is 9.51. The van der Waals surface area contributed by atoms with Crippen LogP contribution < -0.4 is 15.2 Å². The van der Waals surface area contributed by atoms with Crippen molar-refractivity contribution in [3.63, 3.8) is 0 Å². The lowest BCUT2D eigenvalue weighted by atomic mass is 10.1. The Labute approximate surface area is 118 Å². The lowest BCUT2D eigenvalue weighted by Crippen LogP contribution is -2.00. The van der Waals surface area contributed by atoms with Crippen molar-refractivity contribution in [1.82, 2.24) is 0 Å². The zero-order valence-corrected chi connectivity index (χ0v) is 11.8. The Morgan fingerprint density at radius 1 is 1.10 bits per heavy atom. The van der Waals surface area contributed by atoms with Crippen LogP contribution in [0.4, 0.5) is 5.69 Å². The molecule has 0 atom stereocenters. The van der Waals surface area contributed by atoms with Crippen LogP contribution in [0.1, 0.15) is 22.8 Å². The van der Waals surface area contributed by atoms with Crippen LogP contribution in [0, 0.1) is 6.92 Å². The van der Waals surface area contributed by atoms with Crippen molar-refractivity contribution in [3.8, 4) is 17.2 Å². The van der Waals surface area contributed by atoms with Gasteiger partial charge in [-0.2, -0.15) is 0 Å². The van der Waals surface area contributed by atoms with Gasteiger partial charge in [0.05, 0.1) is 7.11 Å². The number of rotatable bonds is 4. The van der Waals surface area contributed by atoms with E-state index < -0.39 is 0 Å². The number of ether oxygens (including phenoxy) is 2. The number of hydrogen-bond acceptors (Lipinski definition) is 4. The molecule has 2 N–H and O–H groups in total. The van der Waals surface area contributed by atoms with Crippen LogP contribution in [0.3, 0.4) is 0 Å². The monoisotopic (exact) mass is 271 g/mol. The van der Waals surface area contributed by atoms with Gasteiger partial charge in [-0.25, -0.2) is 0 Å². The molecular weight excluding hydrogens is 254 g/mol. The molecular formula is C16H17NO3. The zero-order valence-electron chi connectivity index (χ0n) is 11.8. The molecule has 104 valence electrons. The molecule has 2 rings (SSSR count). The van der Waals surface area contributed by atoms with Gasteiger partial charge in [-0.05, 0) is 49.7 Å². The van der Waals surface area contributed by atoms with E-state index >= 15 is 0 Å². The molecule has 0 fully saturated rings. The molecule has 0 saturated carbocycles. The van der Waals surface area contributed by atoms with Crippen LogP contribution in [-0.2, 0) is 0 Å². The summed E-state index contributed by atoms with van der Waals surface area (Å²) in [6.45, 7) is 3.45. The van der Waals surface area contributed by atoms with Crippen LogP contribution in [0.25, 0.3) is 0 Å². The summed E-state index contributed by atoms with van der Waals surface area (Å²) in [5, 5.41) is 0. The van der Waals surface area contributed by atoms with Gasteiger partial charge < -0.3 is 15.2 Å². The smallest absolute Gasteiger partial charge is 0.169 e. The van der Waals surface area contributed by atoms with Crippen molar-refractivity contribution >= 4 is 11.5 Å². The molecule has 0 aromatic heterocycles. The van der Waals surface area contributed by atoms with Crippen LogP contribution in [0.2, 0.25) is 0 Å². The molecule has 2 aromatic rings. The first-order valence-electron chi connectivity index (χ1n) is 6.24. The van der Waals surface area contributed by atoms with Crippen LogP contribution in [-0.4, -0.2) is 12.9 Å². The summed E-state index contributed by atoms with van der Waals surface area (Å²) in [7, 11) is 1.59. The maximum atomic E-state index is 11.5. The van der Waals surface area contributed by atoms with Crippen molar-refractivity contribution < 1.29 is 14.3 Å². The predicted molar refractivity (Wildman–Crippen MR) is 78.7 cm³/mol. The van der Waals surface area contributed by atoms with Crippen LogP contribution in [0.15, 0.2) is 36.4 Å². The molecule has 20 heavy (non-hydrogen) atoms. The van der Waals surface area contributed by atoms with Gasteiger partial charge in [0, 0.05) is 11.3 Å². The lowest BCUT2D eigenvalue weighted by molar-refractivity contribution is 0.101. The van der Waals surface area contributed by atoms with Crippen molar-refractivity contribution in [2.75, 3.05) is 12.8 Å². The molecule has 4 heteroatoms. The Morgan fingerprint density at radius 2 is 1.85 bits per heavy atom. The van der Waals surface area contributed by atoms with Crippen LogP contribution in [0.5, 0.6) is 17.2 Å². The quantitative estimate of drug-likeness (QED) is 0.682. The van der Waals surface area contributed by atoms with Crippen LogP contribution >= 0.6 is 0 Å². The number of Topliss-reactive ketones (excluding diaryl/α,β-unsaturated/α-hetero) is 1. The number of carbonyl (C=O) groups is 1. The highest BCUT2D eigenvalue weighted by Gasteiger charge is 2.09. The lowest BCUT2D eigenvalue weighted by Gasteiger charge is -2.12. The number of hydrogen-bond donors (Lipinski definition) is 1. The summed E-state index contributed by atoms with van der Waals surface area (Å²) < 4.78 is 11.1. The Morgan fingerprint density at radius 3 is 2.50 bits per heavy atom. The largest absolute Gasteiger partial charge is 0.493 e. The minimum Gasteiger partial charge on any atom is -0.493 e. The summed E-state index contributed by atoms with van der Waals surface area (Å²) in [5.41, 5.74) is 7.74. The number of carbonyl (C=O) groups excluding carboxylic acids is 1. The summed E-state index contributed by atoms with van der Waals surface area (Å²) in [6.07, 6.45) is 0. The van der Waals surface area contributed by atoms with Gasteiger partial charge in [0.2, 0.25) is 0 Å². The number of methoxy groups -OCH3 is 1. The summed E-state index contributed by atoms with van der Waals surface area (Å²) in [5.74, 6) is 1.69. The van der Waals surface area contributed by atoms with Crippen molar-refractivity contribution in [1.29, 1.82) is 0 Å². The van der Waals surface area contributed by atoms with Gasteiger partial charge in [-0.1, -0.05) is 6.07 Å². The highest BCUT2D eigenvalue weighted by molar-refractivity contribution is 5.99. The Hall–Kier alpha value is -2.49. The number of benzene rings is 2. The minimum atomic E-state index is -0.0937. The van der Waals surface area contributed by atoms with Gasteiger partial charge in [0.1, 0.15) is 5.75 Å². The third-order valence-corrected chi connectivity index (χ3v) is 2.95. The summed E-state index contributed by atoms with van der Waals surface area (Å²) >= 11 is 0. The number of ketones is 1. The van der Waals surface area contributed by atoms with Gasteiger partial charge in [-0.15, -0.1) is 0 Å². The Kier molecular flexibility index (Phi) is 3.94. The minimum absolute atomic E-state index is 0.0937. The van der Waals surface area contributed by atoms with E-state index in [1.165, 1.54) is 6.92 Å². The third-order valence-electron chi connectivity index (χ3n) is 2.95. The second-order valence-corrected chi connectivity index (χ2v) is 4.56. The number of aryl methyl sites for hydroxylation is 1. The summed E-state index contributed by atoms with van der Waals surface area (Å²) in [6, 6.07) is 10.7.